The van der Waals surface area contributed by atoms with Crippen molar-refractivity contribution in [2.75, 3.05) is 7.11 Å². The molecule has 2 aromatic rings. The molecule has 0 N–H and O–H groups in total. The lowest BCUT2D eigenvalue weighted by Gasteiger charge is -2.03. The van der Waals surface area contributed by atoms with Gasteiger partial charge in [0.05, 0.1) is 12.8 Å². The van der Waals surface area contributed by atoms with E-state index < -0.39 is 5.97 Å². The quantitative estimate of drug-likeness (QED) is 0.574. The van der Waals surface area contributed by atoms with Crippen molar-refractivity contribution in [2.24, 2.45) is 4.99 Å². The first kappa shape index (κ1) is 14.8. The number of rotatable bonds is 3. The number of carbonyl (C=O) groups is 1. The number of cyclic esters (lactones) is 1. The Morgan fingerprint density at radius 2 is 1.82 bits per heavy atom. The average molecular weight is 405 g/mol. The fraction of sp³-hybridized carbons (Fsp3) is 0.0588. The van der Waals surface area contributed by atoms with Gasteiger partial charge in [0.1, 0.15) is 11.5 Å². The van der Waals surface area contributed by atoms with Crippen molar-refractivity contribution >= 4 is 45.7 Å². The fourth-order valence-electron chi connectivity index (χ4n) is 2.01. The maximum atomic E-state index is 12.0. The zero-order valence-corrected chi connectivity index (χ0v) is 13.9. The van der Waals surface area contributed by atoms with E-state index in [0.717, 1.165) is 20.6 Å². The molecule has 0 aromatic heterocycles. The first-order chi connectivity index (χ1) is 10.7. The lowest BCUT2D eigenvalue weighted by Crippen LogP contribution is -2.06. The number of halogens is 1. The van der Waals surface area contributed by atoms with E-state index in [0.29, 0.717) is 11.5 Å². The molecule has 0 spiro atoms. The van der Waals surface area contributed by atoms with Gasteiger partial charge in [-0.2, -0.15) is 0 Å². The van der Waals surface area contributed by atoms with E-state index in [-0.39, 0.29) is 0 Å². The highest BCUT2D eigenvalue weighted by Crippen LogP contribution is 2.26. The SMILES string of the molecule is COc1ccc(C2=CC(=Nc3ccccc3I)C(=O)O2)cc1. The number of methoxy groups -OCH3 is 1. The third-order valence-electron chi connectivity index (χ3n) is 3.15. The van der Waals surface area contributed by atoms with Gasteiger partial charge < -0.3 is 9.47 Å². The number of ether oxygens (including phenoxy) is 2. The smallest absolute Gasteiger partial charge is 0.362 e. The highest BCUT2D eigenvalue weighted by atomic mass is 127. The van der Waals surface area contributed by atoms with Gasteiger partial charge in [0.2, 0.25) is 0 Å². The Hall–Kier alpha value is -2.15. The van der Waals surface area contributed by atoms with Crippen LogP contribution in [-0.4, -0.2) is 18.8 Å². The highest BCUT2D eigenvalue weighted by Gasteiger charge is 2.23. The van der Waals surface area contributed by atoms with Gasteiger partial charge in [0, 0.05) is 15.2 Å². The van der Waals surface area contributed by atoms with E-state index in [1.54, 1.807) is 13.2 Å². The van der Waals surface area contributed by atoms with E-state index in [1.807, 2.05) is 48.5 Å². The van der Waals surface area contributed by atoms with E-state index in [2.05, 4.69) is 27.6 Å². The summed E-state index contributed by atoms with van der Waals surface area (Å²) in [6.45, 7) is 0. The number of para-hydroxylation sites is 1. The fourth-order valence-corrected chi connectivity index (χ4v) is 2.52. The average Bonchev–Trinajstić information content (AvgIpc) is 2.91. The van der Waals surface area contributed by atoms with Crippen LogP contribution in [0.2, 0.25) is 0 Å². The standard InChI is InChI=1S/C17H12INO3/c1-21-12-8-6-11(7-9-12)16-10-15(17(20)22-16)19-14-5-3-2-4-13(14)18/h2-10H,1H3. The van der Waals surface area contributed by atoms with Gasteiger partial charge in [-0.15, -0.1) is 0 Å². The molecule has 1 aliphatic rings. The molecule has 0 atom stereocenters. The molecular weight excluding hydrogens is 393 g/mol. The van der Waals surface area contributed by atoms with Crippen LogP contribution in [0.4, 0.5) is 5.69 Å². The number of nitrogens with zero attached hydrogens (tertiary/aromatic N) is 1. The summed E-state index contributed by atoms with van der Waals surface area (Å²) in [4.78, 5) is 16.3. The first-order valence-corrected chi connectivity index (χ1v) is 7.67. The summed E-state index contributed by atoms with van der Waals surface area (Å²) >= 11 is 2.18. The minimum atomic E-state index is -0.439. The number of esters is 1. The Morgan fingerprint density at radius 1 is 1.09 bits per heavy atom. The lowest BCUT2D eigenvalue weighted by atomic mass is 10.1. The highest BCUT2D eigenvalue weighted by molar-refractivity contribution is 14.1. The monoisotopic (exact) mass is 405 g/mol. The van der Waals surface area contributed by atoms with Gasteiger partial charge in [0.25, 0.3) is 0 Å². The zero-order valence-electron chi connectivity index (χ0n) is 11.7. The Kier molecular flexibility index (Phi) is 4.24. The number of hydrogen-bond acceptors (Lipinski definition) is 4. The molecule has 1 heterocycles. The summed E-state index contributed by atoms with van der Waals surface area (Å²) in [5.41, 5.74) is 1.86. The van der Waals surface area contributed by atoms with Crippen LogP contribution in [0.15, 0.2) is 59.6 Å². The van der Waals surface area contributed by atoms with Crippen LogP contribution in [0.25, 0.3) is 5.76 Å². The topological polar surface area (TPSA) is 47.9 Å². The molecule has 0 amide bonds. The molecule has 110 valence electrons. The van der Waals surface area contributed by atoms with E-state index >= 15 is 0 Å². The Morgan fingerprint density at radius 3 is 2.50 bits per heavy atom. The largest absolute Gasteiger partial charge is 0.497 e. The van der Waals surface area contributed by atoms with Crippen LogP contribution < -0.4 is 4.74 Å². The van der Waals surface area contributed by atoms with E-state index in [9.17, 15) is 4.79 Å². The summed E-state index contributed by atoms with van der Waals surface area (Å²) in [5.74, 6) is 0.809. The summed E-state index contributed by atoms with van der Waals surface area (Å²) in [7, 11) is 1.61. The van der Waals surface area contributed by atoms with Crippen molar-refractivity contribution in [3.8, 4) is 5.75 Å². The number of aliphatic imine (C=N–C) groups is 1. The van der Waals surface area contributed by atoms with E-state index in [1.165, 1.54) is 0 Å². The molecule has 4 nitrogen and oxygen atoms in total. The molecule has 0 bridgehead atoms. The van der Waals surface area contributed by atoms with E-state index in [4.69, 9.17) is 9.47 Å². The second kappa shape index (κ2) is 6.31. The summed E-state index contributed by atoms with van der Waals surface area (Å²) < 4.78 is 11.4. The molecular formula is C17H12INO3. The molecule has 3 rings (SSSR count). The Labute approximate surface area is 141 Å². The van der Waals surface area contributed by atoms with Crippen LogP contribution in [0, 0.1) is 3.57 Å². The number of hydrogen-bond donors (Lipinski definition) is 0. The first-order valence-electron chi connectivity index (χ1n) is 6.59. The molecule has 0 fully saturated rings. The molecule has 0 radical (unpaired) electrons. The van der Waals surface area contributed by atoms with Crippen molar-refractivity contribution in [3.05, 3.63) is 63.7 Å². The maximum Gasteiger partial charge on any atom is 0.362 e. The van der Waals surface area contributed by atoms with Crippen LogP contribution in [0.3, 0.4) is 0 Å². The second-order valence-electron chi connectivity index (χ2n) is 4.58. The lowest BCUT2D eigenvalue weighted by molar-refractivity contribution is -0.128. The molecule has 0 saturated heterocycles. The van der Waals surface area contributed by atoms with Crippen LogP contribution >= 0.6 is 22.6 Å². The normalized spacial score (nSPS) is 15.6. The molecule has 0 aliphatic carbocycles. The second-order valence-corrected chi connectivity index (χ2v) is 5.74. The molecule has 5 heteroatoms. The predicted molar refractivity (Wildman–Crippen MR) is 93.3 cm³/mol. The van der Waals surface area contributed by atoms with Gasteiger partial charge in [0.15, 0.2) is 5.71 Å². The van der Waals surface area contributed by atoms with Gasteiger partial charge >= 0.3 is 5.97 Å². The minimum Gasteiger partial charge on any atom is -0.497 e. The van der Waals surface area contributed by atoms with Crippen LogP contribution in [0.5, 0.6) is 5.75 Å². The van der Waals surface area contributed by atoms with Gasteiger partial charge in [-0.1, -0.05) is 12.1 Å². The maximum absolute atomic E-state index is 12.0. The van der Waals surface area contributed by atoms with Gasteiger partial charge in [-0.3, -0.25) is 0 Å². The Balaban J connectivity index is 1.92. The van der Waals surface area contributed by atoms with Crippen molar-refractivity contribution in [3.63, 3.8) is 0 Å². The van der Waals surface area contributed by atoms with Gasteiger partial charge in [-0.05, 0) is 59.0 Å². The van der Waals surface area contributed by atoms with Crippen LogP contribution in [0.1, 0.15) is 5.56 Å². The third-order valence-corrected chi connectivity index (χ3v) is 4.06. The summed E-state index contributed by atoms with van der Waals surface area (Å²) in [6, 6.07) is 14.9. The van der Waals surface area contributed by atoms with Crippen LogP contribution in [-0.2, 0) is 9.53 Å². The zero-order chi connectivity index (χ0) is 15.5. The number of carbonyl (C=O) groups excluding carboxylic acids is 1. The summed E-state index contributed by atoms with van der Waals surface area (Å²) in [5, 5.41) is 0. The molecule has 0 unspecified atom stereocenters. The molecule has 22 heavy (non-hydrogen) atoms. The minimum absolute atomic E-state index is 0.301. The Bertz CT molecular complexity index is 779. The van der Waals surface area contributed by atoms with Crippen molar-refractivity contribution in [2.45, 2.75) is 0 Å². The molecule has 2 aromatic carbocycles. The molecule has 0 saturated carbocycles. The number of benzene rings is 2. The predicted octanol–water partition coefficient (Wildman–Crippen LogP) is 3.97. The van der Waals surface area contributed by atoms with Crippen molar-refractivity contribution < 1.29 is 14.3 Å². The molecule has 1 aliphatic heterocycles. The van der Waals surface area contributed by atoms with Crippen molar-refractivity contribution in [1.82, 2.24) is 0 Å². The van der Waals surface area contributed by atoms with Gasteiger partial charge in [-0.25, -0.2) is 9.79 Å². The summed E-state index contributed by atoms with van der Waals surface area (Å²) in [6.07, 6.45) is 1.66. The third kappa shape index (κ3) is 3.04. The van der Waals surface area contributed by atoms with Crippen molar-refractivity contribution in [1.29, 1.82) is 0 Å².